The number of carbonyl (C=O) groups is 3. The highest BCUT2D eigenvalue weighted by atomic mass is 35.5. The lowest BCUT2D eigenvalue weighted by molar-refractivity contribution is -0.00878. The van der Waals surface area contributed by atoms with E-state index in [1.54, 1.807) is 11.9 Å². The average molecular weight is 625 g/mol. The summed E-state index contributed by atoms with van der Waals surface area (Å²) in [5, 5.41) is 6.33. The van der Waals surface area contributed by atoms with E-state index in [0.717, 1.165) is 37.9 Å². The van der Waals surface area contributed by atoms with Gasteiger partial charge in [-0.3, -0.25) is 0 Å². The Morgan fingerprint density at radius 1 is 1.19 bits per heavy atom. The summed E-state index contributed by atoms with van der Waals surface area (Å²) in [7, 11) is 3.04. The number of likely N-dealkylation sites (tertiary alicyclic amines) is 1. The van der Waals surface area contributed by atoms with Crippen molar-refractivity contribution in [3.63, 3.8) is 0 Å². The molecular weight excluding hydrogens is 576 g/mol. The monoisotopic (exact) mass is 624 g/mol. The lowest BCUT2D eigenvalue weighted by atomic mass is 9.88. The normalized spacial score (nSPS) is 20.5. The second-order valence-electron chi connectivity index (χ2n) is 12.4. The van der Waals surface area contributed by atoms with Crippen LogP contribution in [0.15, 0.2) is 24.3 Å². The van der Waals surface area contributed by atoms with Crippen LogP contribution in [0.3, 0.4) is 0 Å². The second-order valence-corrected chi connectivity index (χ2v) is 12.8. The molecule has 2 N–H and O–H groups in total. The highest BCUT2D eigenvalue weighted by Crippen LogP contribution is 2.34. The van der Waals surface area contributed by atoms with Crippen LogP contribution in [0.5, 0.6) is 0 Å². The highest BCUT2D eigenvalue weighted by Gasteiger charge is 2.33. The van der Waals surface area contributed by atoms with Gasteiger partial charge in [0.05, 0.1) is 25.9 Å². The maximum Gasteiger partial charge on any atom is 0.410 e. The van der Waals surface area contributed by atoms with Crippen LogP contribution in [0.25, 0.3) is 0 Å². The zero-order chi connectivity index (χ0) is 31.4. The average Bonchev–Trinajstić information content (AvgIpc) is 2.98. The van der Waals surface area contributed by atoms with Gasteiger partial charge in [0.2, 0.25) is 0 Å². The van der Waals surface area contributed by atoms with Gasteiger partial charge in [-0.15, -0.1) is 0 Å². The molecule has 11 nitrogen and oxygen atoms in total. The second kappa shape index (κ2) is 16.9. The Morgan fingerprint density at radius 3 is 2.65 bits per heavy atom. The van der Waals surface area contributed by atoms with Crippen molar-refractivity contribution in [2.45, 2.75) is 70.6 Å². The van der Waals surface area contributed by atoms with Crippen LogP contribution >= 0.6 is 11.6 Å². The summed E-state index contributed by atoms with van der Waals surface area (Å²) in [6.45, 7) is 8.93. The quantitative estimate of drug-likeness (QED) is 0.324. The van der Waals surface area contributed by atoms with E-state index in [1.807, 2.05) is 49.9 Å². The highest BCUT2D eigenvalue weighted by molar-refractivity contribution is 6.30. The summed E-state index contributed by atoms with van der Waals surface area (Å²) in [6, 6.07) is 7.12. The molecule has 4 atom stereocenters. The van der Waals surface area contributed by atoms with Crippen LogP contribution in [0.4, 0.5) is 14.4 Å². The lowest BCUT2D eigenvalue weighted by Crippen LogP contribution is -2.52. The van der Waals surface area contributed by atoms with Crippen LogP contribution in [0.2, 0.25) is 5.02 Å². The molecule has 2 heterocycles. The van der Waals surface area contributed by atoms with Gasteiger partial charge in [-0.2, -0.15) is 0 Å². The first-order valence-electron chi connectivity index (χ1n) is 15.2. The number of carbonyl (C=O) groups excluding carboxylic acids is 3. The summed E-state index contributed by atoms with van der Waals surface area (Å²) >= 11 is 6.30. The number of urea groups is 1. The number of alkyl carbamates (subject to hydrolysis) is 1. The summed E-state index contributed by atoms with van der Waals surface area (Å²) in [5.74, 6) is 0.333. The molecule has 0 spiro atoms. The fourth-order valence-electron chi connectivity index (χ4n) is 5.60. The number of halogens is 1. The number of ether oxygens (including phenoxy) is 4. The molecule has 43 heavy (non-hydrogen) atoms. The number of likely N-dealkylation sites (N-methyl/N-ethyl adjacent to an activating group) is 1. The molecule has 4 amide bonds. The molecule has 0 bridgehead atoms. The van der Waals surface area contributed by atoms with Crippen molar-refractivity contribution in [1.29, 1.82) is 0 Å². The van der Waals surface area contributed by atoms with Gasteiger partial charge in [0.25, 0.3) is 0 Å². The molecule has 1 aromatic rings. The summed E-state index contributed by atoms with van der Waals surface area (Å²) in [4.78, 5) is 41.3. The zero-order valence-electron chi connectivity index (χ0n) is 26.2. The van der Waals surface area contributed by atoms with E-state index in [4.69, 9.17) is 25.8 Å². The van der Waals surface area contributed by atoms with Crippen molar-refractivity contribution in [3.8, 4) is 0 Å². The Bertz CT molecular complexity index is 1050. The molecular formula is C31H49ClN4O7. The largest absolute Gasteiger partial charge is 0.453 e. The predicted octanol–water partition coefficient (Wildman–Crippen LogP) is 5.23. The summed E-state index contributed by atoms with van der Waals surface area (Å²) in [6.07, 6.45) is 3.18. The van der Waals surface area contributed by atoms with Crippen LogP contribution in [-0.4, -0.2) is 99.8 Å². The molecule has 0 aromatic heterocycles. The van der Waals surface area contributed by atoms with E-state index < -0.39 is 17.8 Å². The van der Waals surface area contributed by atoms with Gasteiger partial charge in [0.1, 0.15) is 5.60 Å². The van der Waals surface area contributed by atoms with Crippen LogP contribution < -0.4 is 10.6 Å². The first-order valence-corrected chi connectivity index (χ1v) is 15.6. The Kier molecular flexibility index (Phi) is 13.7. The van der Waals surface area contributed by atoms with E-state index in [-0.39, 0.29) is 30.7 Å². The Hall–Kier alpha value is -2.76. The number of methoxy groups -OCH3 is 1. The van der Waals surface area contributed by atoms with Crippen LogP contribution in [0, 0.1) is 11.8 Å². The molecule has 2 saturated heterocycles. The third kappa shape index (κ3) is 11.7. The predicted molar refractivity (Wildman–Crippen MR) is 164 cm³/mol. The molecule has 2 aliphatic rings. The molecule has 1 aromatic carbocycles. The molecule has 0 saturated carbocycles. The van der Waals surface area contributed by atoms with E-state index in [2.05, 4.69) is 15.4 Å². The standard InChI is InChI=1S/C31H49ClN4O7/c1-31(2,3)43-30(39)35(4)26(17-22-9-8-15-41-21-22)19-34-28(37)36-14-7-11-24(20-36)27(23-10-6-12-25(32)18-23)42-16-13-33-29(38)40-5/h6,10,12,18,22,24,26-27H,7-9,11,13-17,19-21H2,1-5H3,(H,33,38)(H,34,37)/t22-,24-,26+,27+/m1/s1. The van der Waals surface area contributed by atoms with Crippen molar-refractivity contribution in [2.75, 3.05) is 60.2 Å². The van der Waals surface area contributed by atoms with Crippen LogP contribution in [0.1, 0.15) is 64.5 Å². The third-order valence-electron chi connectivity index (χ3n) is 7.78. The van der Waals surface area contributed by atoms with E-state index in [0.29, 0.717) is 50.1 Å². The van der Waals surface area contributed by atoms with Crippen molar-refractivity contribution < 1.29 is 33.3 Å². The van der Waals surface area contributed by atoms with Gasteiger partial charge in [0, 0.05) is 57.4 Å². The number of benzene rings is 1. The first-order chi connectivity index (χ1) is 20.5. The van der Waals surface area contributed by atoms with Gasteiger partial charge in [0.15, 0.2) is 0 Å². The summed E-state index contributed by atoms with van der Waals surface area (Å²) in [5.41, 5.74) is 0.305. The smallest absolute Gasteiger partial charge is 0.410 e. The number of piperidine rings is 1. The number of hydrogen-bond donors (Lipinski definition) is 2. The van der Waals surface area contributed by atoms with E-state index in [1.165, 1.54) is 7.11 Å². The minimum Gasteiger partial charge on any atom is -0.453 e. The minimum atomic E-state index is -0.618. The van der Waals surface area contributed by atoms with Crippen molar-refractivity contribution >= 4 is 29.8 Å². The topological polar surface area (TPSA) is 119 Å². The first kappa shape index (κ1) is 34.7. The summed E-state index contributed by atoms with van der Waals surface area (Å²) < 4.78 is 22.2. The van der Waals surface area contributed by atoms with Gasteiger partial charge in [-0.05, 0) is 76.5 Å². The van der Waals surface area contributed by atoms with E-state index >= 15 is 0 Å². The van der Waals surface area contributed by atoms with Crippen molar-refractivity contribution in [2.24, 2.45) is 11.8 Å². The molecule has 0 aliphatic carbocycles. The molecule has 12 heteroatoms. The third-order valence-corrected chi connectivity index (χ3v) is 8.02. The van der Waals surface area contributed by atoms with E-state index in [9.17, 15) is 14.4 Å². The molecule has 0 radical (unpaired) electrons. The lowest BCUT2D eigenvalue weighted by Gasteiger charge is -2.38. The van der Waals surface area contributed by atoms with Gasteiger partial charge >= 0.3 is 18.2 Å². The Labute approximate surface area is 260 Å². The molecule has 3 rings (SSSR count). The molecule has 242 valence electrons. The van der Waals surface area contributed by atoms with Crippen molar-refractivity contribution in [3.05, 3.63) is 34.9 Å². The fraction of sp³-hybridized carbons (Fsp3) is 0.710. The molecule has 2 aliphatic heterocycles. The van der Waals surface area contributed by atoms with Crippen molar-refractivity contribution in [1.82, 2.24) is 20.4 Å². The Balaban J connectivity index is 1.65. The van der Waals surface area contributed by atoms with Gasteiger partial charge < -0.3 is 39.4 Å². The number of amides is 4. The van der Waals surface area contributed by atoms with Crippen LogP contribution in [-0.2, 0) is 18.9 Å². The fourth-order valence-corrected chi connectivity index (χ4v) is 5.80. The number of hydrogen-bond acceptors (Lipinski definition) is 7. The minimum absolute atomic E-state index is 0.0238. The maximum absolute atomic E-state index is 13.5. The number of nitrogens with one attached hydrogen (secondary N) is 2. The zero-order valence-corrected chi connectivity index (χ0v) is 27.0. The van der Waals surface area contributed by atoms with Gasteiger partial charge in [-0.1, -0.05) is 23.7 Å². The SMILES string of the molecule is COC(=O)NCCO[C@@H](c1cccc(Cl)c1)[C@@H]1CCCN(C(=O)NC[C@H](C[C@H]2CCCOC2)N(C)C(=O)OC(C)(C)C)C1. The molecule has 2 fully saturated rings. The van der Waals surface area contributed by atoms with Gasteiger partial charge in [-0.25, -0.2) is 14.4 Å². The number of rotatable bonds is 11. The Morgan fingerprint density at radius 2 is 1.98 bits per heavy atom. The number of nitrogens with zero attached hydrogens (tertiary/aromatic N) is 2. The maximum atomic E-state index is 13.5. The molecule has 0 unspecified atom stereocenters.